The number of fused-ring (bicyclic) bond motifs is 10. The Morgan fingerprint density at radius 3 is 2.05 bits per heavy atom. The average molecular weight is 841 g/mol. The van der Waals surface area contributed by atoms with Gasteiger partial charge in [0.2, 0.25) is 5.95 Å². The molecule has 0 fully saturated rings. The highest BCUT2D eigenvalue weighted by Crippen LogP contribution is 2.42. The van der Waals surface area contributed by atoms with Crippen LogP contribution in [0.3, 0.4) is 0 Å². The number of rotatable bonds is 5. The highest BCUT2D eigenvalue weighted by atomic mass is 32.1. The quantitative estimate of drug-likeness (QED) is 0.173. The fourth-order valence-corrected chi connectivity index (χ4v) is 10.4. The van der Waals surface area contributed by atoms with Crippen LogP contribution >= 0.6 is 11.3 Å². The molecule has 304 valence electrons. The van der Waals surface area contributed by atoms with Crippen LogP contribution in [0.5, 0.6) is 0 Å². The lowest BCUT2D eigenvalue weighted by Crippen LogP contribution is -2.07. The van der Waals surface area contributed by atoms with E-state index in [0.717, 1.165) is 83.7 Å². The molecule has 0 radical (unpaired) electrons. The largest absolute Gasteiger partial charge is 0.456 e. The van der Waals surface area contributed by atoms with Gasteiger partial charge in [-0.25, -0.2) is 4.98 Å². The number of para-hydroxylation sites is 1. The second-order valence-electron chi connectivity index (χ2n) is 15.9. The Bertz CT molecular complexity index is 3850. The maximum Gasteiger partial charge on any atom is 0.238 e. The van der Waals surface area contributed by atoms with Crippen LogP contribution in [0.15, 0.2) is 186 Å². The predicted octanol–water partition coefficient (Wildman–Crippen LogP) is 16.4. The van der Waals surface area contributed by atoms with Crippen LogP contribution in [0.25, 0.3) is 127 Å². The maximum atomic E-state index is 6.43. The summed E-state index contributed by atoms with van der Waals surface area (Å²) in [4.78, 5) is 15.9. The van der Waals surface area contributed by atoms with Gasteiger partial charge in [-0.05, 0) is 82.4 Å². The SMILES string of the molecule is C1=Cc2oc3cc(-c4nc(-c5ccccc5)nc(-n5c6cc7ccccc7cc6c6cccc(-c7cccc(-c8ccc9c(c8)sc8ccccc89)c7)c65)n4)ccc3c2C=CC1.CC. The lowest BCUT2D eigenvalue weighted by atomic mass is 9.97. The van der Waals surface area contributed by atoms with E-state index in [9.17, 15) is 0 Å². The summed E-state index contributed by atoms with van der Waals surface area (Å²) in [5.41, 5.74) is 10.3. The van der Waals surface area contributed by atoms with Gasteiger partial charge in [-0.15, -0.1) is 11.3 Å². The summed E-state index contributed by atoms with van der Waals surface area (Å²) in [5, 5.41) is 8.26. The minimum atomic E-state index is 0.546. The zero-order valence-corrected chi connectivity index (χ0v) is 36.1. The second-order valence-corrected chi connectivity index (χ2v) is 17.0. The first-order valence-corrected chi connectivity index (χ1v) is 22.7. The van der Waals surface area contributed by atoms with Gasteiger partial charge < -0.3 is 4.42 Å². The Balaban J connectivity index is 0.00000214. The molecular weight excluding hydrogens is 801 g/mol. The van der Waals surface area contributed by atoms with Gasteiger partial charge in [0.05, 0.1) is 11.0 Å². The van der Waals surface area contributed by atoms with Crippen molar-refractivity contribution in [3.63, 3.8) is 0 Å². The van der Waals surface area contributed by atoms with Crippen molar-refractivity contribution in [3.8, 4) is 51.0 Å². The van der Waals surface area contributed by atoms with E-state index < -0.39 is 0 Å². The van der Waals surface area contributed by atoms with Crippen molar-refractivity contribution in [2.45, 2.75) is 20.3 Å². The van der Waals surface area contributed by atoms with Crippen LogP contribution in [0.1, 0.15) is 31.6 Å². The van der Waals surface area contributed by atoms with Gasteiger partial charge in [0, 0.05) is 58.6 Å². The summed E-state index contributed by atoms with van der Waals surface area (Å²) in [7, 11) is 0. The Kier molecular flexibility index (Phi) is 9.13. The third-order valence-electron chi connectivity index (χ3n) is 12.2. The predicted molar refractivity (Wildman–Crippen MR) is 270 cm³/mol. The van der Waals surface area contributed by atoms with Crippen molar-refractivity contribution in [1.82, 2.24) is 19.5 Å². The number of hydrogen-bond donors (Lipinski definition) is 0. The van der Waals surface area contributed by atoms with Crippen LogP contribution in [0.4, 0.5) is 0 Å². The highest BCUT2D eigenvalue weighted by Gasteiger charge is 2.22. The Morgan fingerprint density at radius 1 is 0.484 bits per heavy atom. The molecule has 0 saturated carbocycles. The van der Waals surface area contributed by atoms with Crippen molar-refractivity contribution in [3.05, 3.63) is 193 Å². The van der Waals surface area contributed by atoms with Crippen LogP contribution in [-0.2, 0) is 0 Å². The molecule has 5 nitrogen and oxygen atoms in total. The molecule has 0 spiro atoms. The van der Waals surface area contributed by atoms with Gasteiger partial charge in [-0.3, -0.25) is 4.57 Å². The molecular formula is C58H40N4OS. The van der Waals surface area contributed by atoms with E-state index in [4.69, 9.17) is 19.4 Å². The topological polar surface area (TPSA) is 56.7 Å². The smallest absolute Gasteiger partial charge is 0.238 e. The summed E-state index contributed by atoms with van der Waals surface area (Å²) < 4.78 is 11.3. The number of allylic oxidation sites excluding steroid dienone is 2. The van der Waals surface area contributed by atoms with Crippen LogP contribution in [0.2, 0.25) is 0 Å². The summed E-state index contributed by atoms with van der Waals surface area (Å²) in [6, 6.07) is 60.7. The zero-order chi connectivity index (χ0) is 42.7. The Hall–Kier alpha value is -7.93. The Labute approximate surface area is 373 Å². The first-order valence-electron chi connectivity index (χ1n) is 21.9. The van der Waals surface area contributed by atoms with Gasteiger partial charge in [-0.2, -0.15) is 9.97 Å². The molecule has 6 heteroatoms. The zero-order valence-electron chi connectivity index (χ0n) is 35.3. The molecule has 0 amide bonds. The van der Waals surface area contributed by atoms with Crippen molar-refractivity contribution in [2.75, 3.05) is 0 Å². The van der Waals surface area contributed by atoms with Crippen molar-refractivity contribution < 1.29 is 4.42 Å². The van der Waals surface area contributed by atoms with Crippen molar-refractivity contribution in [2.24, 2.45) is 0 Å². The molecule has 0 unspecified atom stereocenters. The van der Waals surface area contributed by atoms with E-state index in [1.807, 2.05) is 43.4 Å². The average Bonchev–Trinajstić information content (AvgIpc) is 3.95. The molecule has 0 saturated heterocycles. The normalized spacial score (nSPS) is 12.3. The number of benzene rings is 8. The number of furan rings is 1. The molecule has 12 aromatic rings. The van der Waals surface area contributed by atoms with E-state index in [0.29, 0.717) is 17.6 Å². The van der Waals surface area contributed by atoms with Crippen molar-refractivity contribution >= 4 is 87.2 Å². The molecule has 8 aromatic carbocycles. The molecule has 0 N–H and O–H groups in total. The van der Waals surface area contributed by atoms with E-state index >= 15 is 0 Å². The Morgan fingerprint density at radius 2 is 1.16 bits per heavy atom. The third-order valence-corrected chi connectivity index (χ3v) is 13.4. The van der Waals surface area contributed by atoms with E-state index in [2.05, 4.69) is 181 Å². The molecule has 0 bridgehead atoms. The summed E-state index contributed by atoms with van der Waals surface area (Å²) >= 11 is 1.85. The summed E-state index contributed by atoms with van der Waals surface area (Å²) in [5.74, 6) is 2.57. The monoisotopic (exact) mass is 840 g/mol. The summed E-state index contributed by atoms with van der Waals surface area (Å²) in [6.07, 6.45) is 9.39. The fourth-order valence-electron chi connectivity index (χ4n) is 9.28. The standard InChI is InChI=1S/C56H34N4OS.C2H6/c1-3-13-34(14-4-1)54-57-55(40-26-27-43-42-19-5-2-6-23-49(42)61-50(43)32-40)59-56(58-54)60-48-31-37-16-8-7-15-36(37)30-47(48)46-22-12-21-41(53(46)60)39-18-11-17-35(29-39)38-25-28-45-44-20-9-10-24-51(44)62-52(45)33-38;1-2/h1,3-33H,2H2;1-2H3. The molecule has 0 aliphatic heterocycles. The maximum absolute atomic E-state index is 6.43. The van der Waals surface area contributed by atoms with Crippen LogP contribution < -0.4 is 0 Å². The minimum Gasteiger partial charge on any atom is -0.456 e. The van der Waals surface area contributed by atoms with Gasteiger partial charge in [0.25, 0.3) is 0 Å². The van der Waals surface area contributed by atoms with E-state index in [-0.39, 0.29) is 0 Å². The van der Waals surface area contributed by atoms with E-state index in [1.165, 1.54) is 31.1 Å². The second kappa shape index (κ2) is 15.5. The van der Waals surface area contributed by atoms with Gasteiger partial charge in [0.15, 0.2) is 11.6 Å². The van der Waals surface area contributed by atoms with Gasteiger partial charge in [-0.1, -0.05) is 159 Å². The molecule has 1 aliphatic rings. The van der Waals surface area contributed by atoms with Crippen LogP contribution in [-0.4, -0.2) is 19.5 Å². The molecule has 1 aliphatic carbocycles. The van der Waals surface area contributed by atoms with Crippen molar-refractivity contribution in [1.29, 1.82) is 0 Å². The molecule has 13 rings (SSSR count). The van der Waals surface area contributed by atoms with Gasteiger partial charge in [0.1, 0.15) is 11.3 Å². The molecule has 0 atom stereocenters. The van der Waals surface area contributed by atoms with Gasteiger partial charge >= 0.3 is 0 Å². The highest BCUT2D eigenvalue weighted by molar-refractivity contribution is 7.25. The first kappa shape index (κ1) is 37.8. The molecule has 64 heavy (non-hydrogen) atoms. The van der Waals surface area contributed by atoms with E-state index in [1.54, 1.807) is 0 Å². The third kappa shape index (κ3) is 6.25. The number of nitrogens with zero attached hydrogens (tertiary/aromatic N) is 4. The fraction of sp³-hybridized carbons (Fsp3) is 0.0517. The number of thiophene rings is 1. The lowest BCUT2D eigenvalue weighted by Gasteiger charge is -2.14. The minimum absolute atomic E-state index is 0.546. The first-order chi connectivity index (χ1) is 31.7. The number of hydrogen-bond acceptors (Lipinski definition) is 5. The summed E-state index contributed by atoms with van der Waals surface area (Å²) in [6.45, 7) is 4.00. The number of aromatic nitrogens is 4. The lowest BCUT2D eigenvalue weighted by molar-refractivity contribution is 0.603. The molecule has 4 aromatic heterocycles. The molecule has 4 heterocycles. The van der Waals surface area contributed by atoms with Crippen LogP contribution in [0, 0.1) is 0 Å².